The Hall–Kier alpha value is -1.03. The summed E-state index contributed by atoms with van der Waals surface area (Å²) in [5.74, 6) is 0.549. The van der Waals surface area contributed by atoms with E-state index in [0.717, 1.165) is 0 Å². The maximum atomic E-state index is 11.5. The molecule has 0 bridgehead atoms. The van der Waals surface area contributed by atoms with Crippen molar-refractivity contribution in [3.8, 4) is 0 Å². The van der Waals surface area contributed by atoms with E-state index < -0.39 is 0 Å². The van der Waals surface area contributed by atoms with Crippen LogP contribution in [-0.4, -0.2) is 25.2 Å². The summed E-state index contributed by atoms with van der Waals surface area (Å²) in [6, 6.07) is -0.0222. The summed E-state index contributed by atoms with van der Waals surface area (Å²) in [5, 5.41) is 5.66. The van der Waals surface area contributed by atoms with Crippen LogP contribution in [0.25, 0.3) is 0 Å². The molecule has 0 saturated heterocycles. The van der Waals surface area contributed by atoms with Crippen molar-refractivity contribution in [2.45, 2.75) is 38.1 Å². The molecule has 0 aromatic carbocycles. The first-order chi connectivity index (χ1) is 7.77. The zero-order valence-corrected chi connectivity index (χ0v) is 9.87. The van der Waals surface area contributed by atoms with E-state index >= 15 is 0 Å². The minimum Gasteiger partial charge on any atom is -0.335 e. The molecule has 4 heteroatoms. The van der Waals surface area contributed by atoms with Gasteiger partial charge < -0.3 is 16.4 Å². The first kappa shape index (κ1) is 13.0. The standard InChI is InChI=1S/C12H23N3O/c1-2-8-14-12(16)15-11(9-13)10-6-4-3-5-7-10/h2,10-11H,1,3-9,13H2,(H2,14,15,16). The SMILES string of the molecule is C=CCNC(=O)NC(CN)C1CCCCC1. The first-order valence-corrected chi connectivity index (χ1v) is 6.13. The highest BCUT2D eigenvalue weighted by Gasteiger charge is 2.23. The highest BCUT2D eigenvalue weighted by molar-refractivity contribution is 5.74. The number of nitrogens with two attached hydrogens (primary N) is 1. The van der Waals surface area contributed by atoms with Crippen LogP contribution >= 0.6 is 0 Å². The normalized spacial score (nSPS) is 18.8. The lowest BCUT2D eigenvalue weighted by Gasteiger charge is -2.30. The van der Waals surface area contributed by atoms with Gasteiger partial charge in [-0.05, 0) is 18.8 Å². The average Bonchev–Trinajstić information content (AvgIpc) is 2.34. The Morgan fingerprint density at radius 1 is 1.44 bits per heavy atom. The summed E-state index contributed by atoms with van der Waals surface area (Å²) in [6.45, 7) is 4.57. The summed E-state index contributed by atoms with van der Waals surface area (Å²) in [4.78, 5) is 11.5. The van der Waals surface area contributed by atoms with E-state index in [1.807, 2.05) is 0 Å². The molecule has 1 aliphatic rings. The average molecular weight is 225 g/mol. The van der Waals surface area contributed by atoms with Crippen molar-refractivity contribution < 1.29 is 4.79 Å². The van der Waals surface area contributed by atoms with Crippen LogP contribution in [0, 0.1) is 5.92 Å². The van der Waals surface area contributed by atoms with Crippen LogP contribution in [-0.2, 0) is 0 Å². The van der Waals surface area contributed by atoms with Gasteiger partial charge in [-0.2, -0.15) is 0 Å². The molecule has 0 aromatic rings. The molecule has 16 heavy (non-hydrogen) atoms. The van der Waals surface area contributed by atoms with E-state index in [4.69, 9.17) is 5.73 Å². The lowest BCUT2D eigenvalue weighted by atomic mass is 9.84. The fourth-order valence-electron chi connectivity index (χ4n) is 2.29. The van der Waals surface area contributed by atoms with Gasteiger partial charge in [0.25, 0.3) is 0 Å². The van der Waals surface area contributed by atoms with Gasteiger partial charge in [0.1, 0.15) is 0 Å². The smallest absolute Gasteiger partial charge is 0.315 e. The highest BCUT2D eigenvalue weighted by Crippen LogP contribution is 2.26. The van der Waals surface area contributed by atoms with Crippen molar-refractivity contribution in [2.75, 3.05) is 13.1 Å². The molecule has 92 valence electrons. The van der Waals surface area contributed by atoms with Gasteiger partial charge in [0.2, 0.25) is 0 Å². The Kier molecular flexibility index (Phi) is 5.93. The molecule has 1 fully saturated rings. The lowest BCUT2D eigenvalue weighted by Crippen LogP contribution is -2.49. The van der Waals surface area contributed by atoms with E-state index in [-0.39, 0.29) is 12.1 Å². The Morgan fingerprint density at radius 2 is 2.12 bits per heavy atom. The lowest BCUT2D eigenvalue weighted by molar-refractivity contribution is 0.223. The van der Waals surface area contributed by atoms with E-state index in [0.29, 0.717) is 19.0 Å². The van der Waals surface area contributed by atoms with Crippen molar-refractivity contribution in [2.24, 2.45) is 11.7 Å². The minimum atomic E-state index is -0.138. The molecule has 4 nitrogen and oxygen atoms in total. The molecule has 1 saturated carbocycles. The number of urea groups is 1. The van der Waals surface area contributed by atoms with Crippen LogP contribution in [0.5, 0.6) is 0 Å². The van der Waals surface area contributed by atoms with Crippen molar-refractivity contribution in [1.82, 2.24) is 10.6 Å². The number of amides is 2. The van der Waals surface area contributed by atoms with Crippen LogP contribution in [0.2, 0.25) is 0 Å². The molecule has 0 heterocycles. The van der Waals surface area contributed by atoms with Crippen molar-refractivity contribution in [3.63, 3.8) is 0 Å². The topological polar surface area (TPSA) is 67.2 Å². The van der Waals surface area contributed by atoms with Crippen LogP contribution in [0.3, 0.4) is 0 Å². The summed E-state index contributed by atoms with van der Waals surface area (Å²) in [5.41, 5.74) is 5.72. The molecule has 2 amide bonds. The Morgan fingerprint density at radius 3 is 2.69 bits per heavy atom. The fourth-order valence-corrected chi connectivity index (χ4v) is 2.29. The molecule has 0 aliphatic heterocycles. The number of carbonyl (C=O) groups is 1. The third-order valence-electron chi connectivity index (χ3n) is 3.20. The predicted molar refractivity (Wildman–Crippen MR) is 66.1 cm³/mol. The molecule has 0 radical (unpaired) electrons. The first-order valence-electron chi connectivity index (χ1n) is 6.13. The zero-order valence-electron chi connectivity index (χ0n) is 9.87. The van der Waals surface area contributed by atoms with Crippen LogP contribution in [0.4, 0.5) is 4.79 Å². The maximum absolute atomic E-state index is 11.5. The van der Waals surface area contributed by atoms with E-state index in [1.165, 1.54) is 32.1 Å². The number of hydrogen-bond donors (Lipinski definition) is 3. The zero-order chi connectivity index (χ0) is 11.8. The van der Waals surface area contributed by atoms with Crippen LogP contribution in [0.1, 0.15) is 32.1 Å². The number of rotatable bonds is 5. The van der Waals surface area contributed by atoms with Crippen LogP contribution in [0.15, 0.2) is 12.7 Å². The molecule has 1 aliphatic carbocycles. The summed E-state index contributed by atoms with van der Waals surface area (Å²) in [6.07, 6.45) is 7.87. The quantitative estimate of drug-likeness (QED) is 0.619. The second kappa shape index (κ2) is 7.28. The molecule has 0 spiro atoms. The number of nitrogens with one attached hydrogen (secondary N) is 2. The van der Waals surface area contributed by atoms with E-state index in [2.05, 4.69) is 17.2 Å². The van der Waals surface area contributed by atoms with Gasteiger partial charge in [0.15, 0.2) is 0 Å². The molecule has 0 aromatic heterocycles. The van der Waals surface area contributed by atoms with Crippen molar-refractivity contribution in [3.05, 3.63) is 12.7 Å². The second-order valence-electron chi connectivity index (χ2n) is 4.38. The summed E-state index contributed by atoms with van der Waals surface area (Å²) in [7, 11) is 0. The van der Waals surface area contributed by atoms with Crippen LogP contribution < -0.4 is 16.4 Å². The molecule has 1 atom stereocenters. The van der Waals surface area contributed by atoms with Gasteiger partial charge in [-0.15, -0.1) is 6.58 Å². The van der Waals surface area contributed by atoms with Crippen molar-refractivity contribution >= 4 is 6.03 Å². The molecular formula is C12H23N3O. The molecule has 1 unspecified atom stereocenters. The third-order valence-corrected chi connectivity index (χ3v) is 3.20. The van der Waals surface area contributed by atoms with Gasteiger partial charge in [-0.25, -0.2) is 4.79 Å². The minimum absolute atomic E-state index is 0.116. The Bertz CT molecular complexity index is 224. The molecular weight excluding hydrogens is 202 g/mol. The van der Waals surface area contributed by atoms with Gasteiger partial charge in [-0.3, -0.25) is 0 Å². The van der Waals surface area contributed by atoms with Gasteiger partial charge in [0.05, 0.1) is 0 Å². The Labute approximate surface area is 97.7 Å². The molecule has 4 N–H and O–H groups in total. The van der Waals surface area contributed by atoms with E-state index in [9.17, 15) is 4.79 Å². The van der Waals surface area contributed by atoms with Gasteiger partial charge >= 0.3 is 6.03 Å². The third kappa shape index (κ3) is 4.23. The fraction of sp³-hybridized carbons (Fsp3) is 0.750. The largest absolute Gasteiger partial charge is 0.335 e. The predicted octanol–water partition coefficient (Wildman–Crippen LogP) is 1.38. The van der Waals surface area contributed by atoms with Crippen molar-refractivity contribution in [1.29, 1.82) is 0 Å². The summed E-state index contributed by atoms with van der Waals surface area (Å²) >= 11 is 0. The second-order valence-corrected chi connectivity index (χ2v) is 4.38. The molecule has 1 rings (SSSR count). The van der Waals surface area contributed by atoms with E-state index in [1.54, 1.807) is 6.08 Å². The van der Waals surface area contributed by atoms with Gasteiger partial charge in [-0.1, -0.05) is 25.3 Å². The Balaban J connectivity index is 2.34. The number of carbonyl (C=O) groups excluding carboxylic acids is 1. The number of hydrogen-bond acceptors (Lipinski definition) is 2. The maximum Gasteiger partial charge on any atom is 0.315 e. The van der Waals surface area contributed by atoms with Gasteiger partial charge in [0, 0.05) is 19.1 Å². The highest BCUT2D eigenvalue weighted by atomic mass is 16.2. The summed E-state index contributed by atoms with van der Waals surface area (Å²) < 4.78 is 0. The monoisotopic (exact) mass is 225 g/mol.